The number of nitrogens with two attached hydrogens (primary N) is 1. The second-order valence-electron chi connectivity index (χ2n) is 4.92. The van der Waals surface area contributed by atoms with Crippen LogP contribution in [0.15, 0.2) is 30.3 Å². The van der Waals surface area contributed by atoms with Gasteiger partial charge in [0.15, 0.2) is 5.78 Å². The third-order valence-electron chi connectivity index (χ3n) is 3.03. The van der Waals surface area contributed by atoms with Crippen molar-refractivity contribution in [3.8, 4) is 0 Å². The van der Waals surface area contributed by atoms with Crippen LogP contribution in [0.2, 0.25) is 0 Å². The number of benzene rings is 1. The van der Waals surface area contributed by atoms with Gasteiger partial charge in [-0.05, 0) is 26.8 Å². The van der Waals surface area contributed by atoms with Crippen LogP contribution in [0.3, 0.4) is 0 Å². The van der Waals surface area contributed by atoms with Crippen molar-refractivity contribution in [1.82, 2.24) is 4.90 Å². The van der Waals surface area contributed by atoms with Gasteiger partial charge in [0.2, 0.25) is 5.91 Å². The summed E-state index contributed by atoms with van der Waals surface area (Å²) >= 11 is 0. The number of amides is 1. The number of ketones is 1. The first-order valence-corrected chi connectivity index (χ1v) is 6.61. The molecule has 0 saturated heterocycles. The van der Waals surface area contributed by atoms with Crippen molar-refractivity contribution in [2.45, 2.75) is 32.7 Å². The van der Waals surface area contributed by atoms with Gasteiger partial charge in [0, 0.05) is 18.0 Å². The molecule has 0 aliphatic rings. The maximum atomic E-state index is 11.9. The van der Waals surface area contributed by atoms with Gasteiger partial charge >= 0.3 is 0 Å². The Hall–Kier alpha value is -1.68. The lowest BCUT2D eigenvalue weighted by atomic mass is 10.1. The summed E-state index contributed by atoms with van der Waals surface area (Å²) in [6.45, 7) is 4.99. The Morgan fingerprint density at radius 3 is 2.37 bits per heavy atom. The van der Waals surface area contributed by atoms with Gasteiger partial charge in [-0.1, -0.05) is 30.3 Å². The van der Waals surface area contributed by atoms with E-state index in [-0.39, 0.29) is 24.3 Å². The zero-order chi connectivity index (χ0) is 14.3. The van der Waals surface area contributed by atoms with Crippen molar-refractivity contribution in [3.05, 3.63) is 35.9 Å². The summed E-state index contributed by atoms with van der Waals surface area (Å²) in [5.74, 6) is -0.188. The number of carbonyl (C=O) groups excluding carboxylic acids is 2. The topological polar surface area (TPSA) is 63.4 Å². The molecule has 0 aliphatic carbocycles. The van der Waals surface area contributed by atoms with E-state index >= 15 is 0 Å². The van der Waals surface area contributed by atoms with Crippen LogP contribution >= 0.6 is 0 Å². The van der Waals surface area contributed by atoms with Crippen LogP contribution < -0.4 is 5.73 Å². The van der Waals surface area contributed by atoms with Gasteiger partial charge in [-0.3, -0.25) is 14.5 Å². The minimum atomic E-state index is -0.330. The number of carbonyl (C=O) groups is 2. The standard InChI is InChI=1S/C15H22N2O2/c1-12(2)17(11-15(16)19)10-6-9-14(18)13-7-4-3-5-8-13/h3-5,7-8,12H,6,9-11H2,1-2H3,(H2,16,19). The van der Waals surface area contributed by atoms with Gasteiger partial charge in [0.25, 0.3) is 0 Å². The molecule has 19 heavy (non-hydrogen) atoms. The van der Waals surface area contributed by atoms with E-state index in [0.717, 1.165) is 12.0 Å². The summed E-state index contributed by atoms with van der Waals surface area (Å²) in [6, 6.07) is 9.52. The minimum absolute atomic E-state index is 0.142. The Morgan fingerprint density at radius 2 is 1.84 bits per heavy atom. The summed E-state index contributed by atoms with van der Waals surface area (Å²) in [6.07, 6.45) is 1.23. The molecule has 0 heterocycles. The fraction of sp³-hybridized carbons (Fsp3) is 0.467. The van der Waals surface area contributed by atoms with E-state index in [1.165, 1.54) is 0 Å². The van der Waals surface area contributed by atoms with E-state index < -0.39 is 0 Å². The second kappa shape index (κ2) is 7.69. The number of hydrogen-bond donors (Lipinski definition) is 1. The highest BCUT2D eigenvalue weighted by Crippen LogP contribution is 2.07. The van der Waals surface area contributed by atoms with Crippen LogP contribution in [0.25, 0.3) is 0 Å². The SMILES string of the molecule is CC(C)N(CCCC(=O)c1ccccc1)CC(N)=O. The third kappa shape index (κ3) is 5.66. The Kier molecular flexibility index (Phi) is 6.22. The van der Waals surface area contributed by atoms with Crippen molar-refractivity contribution < 1.29 is 9.59 Å². The molecule has 1 aromatic rings. The fourth-order valence-corrected chi connectivity index (χ4v) is 1.93. The number of hydrogen-bond acceptors (Lipinski definition) is 3. The zero-order valence-corrected chi connectivity index (χ0v) is 11.6. The van der Waals surface area contributed by atoms with Gasteiger partial charge in [-0.2, -0.15) is 0 Å². The summed E-state index contributed by atoms with van der Waals surface area (Å²) in [7, 11) is 0. The van der Waals surface area contributed by atoms with Crippen LogP contribution in [0.4, 0.5) is 0 Å². The quantitative estimate of drug-likeness (QED) is 0.727. The molecule has 1 aromatic carbocycles. The molecule has 0 bridgehead atoms. The Morgan fingerprint density at radius 1 is 1.21 bits per heavy atom. The molecule has 1 amide bonds. The third-order valence-corrected chi connectivity index (χ3v) is 3.03. The normalized spacial score (nSPS) is 10.9. The lowest BCUT2D eigenvalue weighted by Crippen LogP contribution is -2.39. The largest absolute Gasteiger partial charge is 0.369 e. The molecule has 4 nitrogen and oxygen atoms in total. The van der Waals surface area contributed by atoms with Crippen LogP contribution in [0.5, 0.6) is 0 Å². The smallest absolute Gasteiger partial charge is 0.231 e. The van der Waals surface area contributed by atoms with Crippen molar-refractivity contribution in [2.24, 2.45) is 5.73 Å². The van der Waals surface area contributed by atoms with Crippen molar-refractivity contribution in [3.63, 3.8) is 0 Å². The lowest BCUT2D eigenvalue weighted by Gasteiger charge is -2.24. The molecular formula is C15H22N2O2. The van der Waals surface area contributed by atoms with E-state index in [4.69, 9.17) is 5.73 Å². The second-order valence-corrected chi connectivity index (χ2v) is 4.92. The van der Waals surface area contributed by atoms with E-state index in [0.29, 0.717) is 13.0 Å². The highest BCUT2D eigenvalue weighted by atomic mass is 16.1. The predicted octanol–water partition coefficient (Wildman–Crippen LogP) is 1.85. The van der Waals surface area contributed by atoms with Gasteiger partial charge < -0.3 is 5.73 Å². The molecule has 0 spiro atoms. The first-order valence-electron chi connectivity index (χ1n) is 6.61. The van der Waals surface area contributed by atoms with Crippen LogP contribution in [0.1, 0.15) is 37.0 Å². The van der Waals surface area contributed by atoms with Crippen LogP contribution in [0, 0.1) is 0 Å². The van der Waals surface area contributed by atoms with E-state index in [1.54, 1.807) is 0 Å². The summed E-state index contributed by atoms with van der Waals surface area (Å²) in [4.78, 5) is 24.8. The lowest BCUT2D eigenvalue weighted by molar-refractivity contribution is -0.119. The molecule has 1 rings (SSSR count). The first-order chi connectivity index (χ1) is 9.00. The molecule has 0 unspecified atom stereocenters. The zero-order valence-electron chi connectivity index (χ0n) is 11.6. The van der Waals surface area contributed by atoms with Crippen LogP contribution in [-0.2, 0) is 4.79 Å². The molecular weight excluding hydrogens is 240 g/mol. The maximum absolute atomic E-state index is 11.9. The molecule has 0 aromatic heterocycles. The summed E-state index contributed by atoms with van der Waals surface area (Å²) in [5.41, 5.74) is 5.95. The van der Waals surface area contributed by atoms with Crippen molar-refractivity contribution in [2.75, 3.05) is 13.1 Å². The number of primary amides is 1. The molecule has 4 heteroatoms. The molecule has 2 N–H and O–H groups in total. The van der Waals surface area contributed by atoms with Crippen molar-refractivity contribution >= 4 is 11.7 Å². The number of Topliss-reactive ketones (excluding diaryl/α,β-unsaturated/α-hetero) is 1. The fourth-order valence-electron chi connectivity index (χ4n) is 1.93. The van der Waals surface area contributed by atoms with Crippen molar-refractivity contribution in [1.29, 1.82) is 0 Å². The monoisotopic (exact) mass is 262 g/mol. The van der Waals surface area contributed by atoms with E-state index in [2.05, 4.69) is 0 Å². The number of nitrogens with zero attached hydrogens (tertiary/aromatic N) is 1. The summed E-state index contributed by atoms with van der Waals surface area (Å²) < 4.78 is 0. The molecule has 0 atom stereocenters. The van der Waals surface area contributed by atoms with Crippen LogP contribution in [-0.4, -0.2) is 35.7 Å². The van der Waals surface area contributed by atoms with Gasteiger partial charge in [0.1, 0.15) is 0 Å². The Balaban J connectivity index is 2.40. The van der Waals surface area contributed by atoms with Gasteiger partial charge in [0.05, 0.1) is 6.54 Å². The highest BCUT2D eigenvalue weighted by Gasteiger charge is 2.13. The maximum Gasteiger partial charge on any atom is 0.231 e. The number of rotatable bonds is 8. The van der Waals surface area contributed by atoms with Gasteiger partial charge in [-0.15, -0.1) is 0 Å². The molecule has 0 radical (unpaired) electrons. The molecule has 0 aliphatic heterocycles. The van der Waals surface area contributed by atoms with E-state index in [9.17, 15) is 9.59 Å². The predicted molar refractivity (Wildman–Crippen MR) is 75.9 cm³/mol. The molecule has 104 valence electrons. The molecule has 0 fully saturated rings. The Bertz CT molecular complexity index is 415. The molecule has 0 saturated carbocycles. The highest BCUT2D eigenvalue weighted by molar-refractivity contribution is 5.95. The summed E-state index contributed by atoms with van der Waals surface area (Å²) in [5, 5.41) is 0. The average Bonchev–Trinajstić information content (AvgIpc) is 2.37. The van der Waals surface area contributed by atoms with Gasteiger partial charge in [-0.25, -0.2) is 0 Å². The first kappa shape index (κ1) is 15.4. The minimum Gasteiger partial charge on any atom is -0.369 e. The average molecular weight is 262 g/mol. The Labute approximate surface area is 114 Å². The van der Waals surface area contributed by atoms with E-state index in [1.807, 2.05) is 49.1 Å².